The molecule has 1 N–H and O–H groups in total. The number of methoxy groups -OCH3 is 1. The maximum atomic E-state index is 13.0. The van der Waals surface area contributed by atoms with Crippen LogP contribution < -0.4 is 10.1 Å². The Bertz CT molecular complexity index is 1060. The Balaban J connectivity index is 1.71. The molecule has 2 aromatic heterocycles. The molecule has 0 radical (unpaired) electrons. The van der Waals surface area contributed by atoms with Gasteiger partial charge in [0.25, 0.3) is 5.91 Å². The van der Waals surface area contributed by atoms with Gasteiger partial charge >= 0.3 is 6.18 Å². The molecule has 0 spiro atoms. The van der Waals surface area contributed by atoms with E-state index in [4.69, 9.17) is 21.1 Å². The van der Waals surface area contributed by atoms with E-state index >= 15 is 0 Å². The van der Waals surface area contributed by atoms with Crippen LogP contribution in [0.3, 0.4) is 0 Å². The minimum atomic E-state index is -4.46. The first-order chi connectivity index (χ1) is 14.8. The van der Waals surface area contributed by atoms with E-state index < -0.39 is 17.6 Å². The van der Waals surface area contributed by atoms with Crippen molar-refractivity contribution in [3.8, 4) is 5.88 Å². The highest BCUT2D eigenvalue weighted by Crippen LogP contribution is 2.33. The van der Waals surface area contributed by atoms with E-state index in [0.29, 0.717) is 17.0 Å². The lowest BCUT2D eigenvalue weighted by atomic mass is 10.1. The molecular weight excluding hydrogens is 455 g/mol. The molecule has 11 heteroatoms. The average Bonchev–Trinajstić information content (AvgIpc) is 3.16. The number of carbonyl (C=O) groups is 1. The van der Waals surface area contributed by atoms with Crippen LogP contribution in [0.4, 0.5) is 18.3 Å². The lowest BCUT2D eigenvalue weighted by Gasteiger charge is -2.10. The third-order valence-electron chi connectivity index (χ3n) is 4.05. The molecule has 0 fully saturated rings. The molecule has 0 aliphatic rings. The second kappa shape index (κ2) is 10.1. The Morgan fingerprint density at radius 2 is 2.03 bits per heavy atom. The van der Waals surface area contributed by atoms with Crippen LogP contribution in [0, 0.1) is 0 Å². The van der Waals surface area contributed by atoms with Gasteiger partial charge in [-0.15, -0.1) is 11.3 Å². The molecule has 0 saturated carbocycles. The number of thiazole rings is 1. The van der Waals surface area contributed by atoms with Crippen molar-refractivity contribution in [1.29, 1.82) is 0 Å². The van der Waals surface area contributed by atoms with Crippen LogP contribution >= 0.6 is 22.9 Å². The third kappa shape index (κ3) is 6.16. The number of alkyl halides is 3. The molecule has 0 bridgehead atoms. The fourth-order valence-electron chi connectivity index (χ4n) is 2.59. The Hall–Kier alpha value is -2.69. The maximum absolute atomic E-state index is 13.0. The minimum absolute atomic E-state index is 0.147. The first-order valence-electron chi connectivity index (χ1n) is 8.96. The van der Waals surface area contributed by atoms with Gasteiger partial charge in [0.05, 0.1) is 12.2 Å². The molecule has 6 nitrogen and oxygen atoms in total. The molecule has 31 heavy (non-hydrogen) atoms. The fraction of sp³-hybridized carbons (Fsp3) is 0.250. The number of carbonyl (C=O) groups excluding carboxylic acids is 1. The zero-order valence-electron chi connectivity index (χ0n) is 16.2. The van der Waals surface area contributed by atoms with Gasteiger partial charge in [-0.2, -0.15) is 13.2 Å². The summed E-state index contributed by atoms with van der Waals surface area (Å²) in [5, 5.41) is 3.16. The molecule has 3 aromatic rings. The number of pyridine rings is 1. The number of nitrogens with zero attached hydrogens (tertiary/aromatic N) is 2. The molecule has 0 aliphatic heterocycles. The smallest absolute Gasteiger partial charge is 0.416 e. The Kier molecular flexibility index (Phi) is 7.47. The first kappa shape index (κ1) is 23.0. The van der Waals surface area contributed by atoms with Gasteiger partial charge in [-0.05, 0) is 35.9 Å². The molecule has 3 rings (SSSR count). The summed E-state index contributed by atoms with van der Waals surface area (Å²) in [5.74, 6) is -0.317. The number of anilines is 1. The first-order valence-corrected chi connectivity index (χ1v) is 10.2. The third-order valence-corrected chi connectivity index (χ3v) is 5.34. The molecule has 0 unspecified atom stereocenters. The average molecular weight is 472 g/mol. The van der Waals surface area contributed by atoms with Crippen molar-refractivity contribution >= 4 is 34.0 Å². The van der Waals surface area contributed by atoms with Gasteiger partial charge < -0.3 is 9.47 Å². The number of rotatable bonds is 8. The molecule has 164 valence electrons. The SMILES string of the molecule is COCCOc1ncccc1C(=O)Nc1ncc(Cc2cc(C(F)(F)F)ccc2Cl)s1. The van der Waals surface area contributed by atoms with Crippen LogP contribution in [0.2, 0.25) is 5.02 Å². The molecule has 1 aromatic carbocycles. The van der Waals surface area contributed by atoms with Crippen molar-refractivity contribution in [3.63, 3.8) is 0 Å². The van der Waals surface area contributed by atoms with Gasteiger partial charge in [-0.3, -0.25) is 10.1 Å². The number of amides is 1. The van der Waals surface area contributed by atoms with E-state index in [1.165, 1.54) is 25.6 Å². The highest BCUT2D eigenvalue weighted by molar-refractivity contribution is 7.15. The zero-order valence-corrected chi connectivity index (χ0v) is 17.8. The van der Waals surface area contributed by atoms with Crippen LogP contribution in [-0.2, 0) is 17.3 Å². The predicted molar refractivity (Wildman–Crippen MR) is 111 cm³/mol. The number of benzene rings is 1. The van der Waals surface area contributed by atoms with E-state index in [9.17, 15) is 18.0 Å². The monoisotopic (exact) mass is 471 g/mol. The van der Waals surface area contributed by atoms with E-state index in [-0.39, 0.29) is 34.6 Å². The minimum Gasteiger partial charge on any atom is -0.475 e. The summed E-state index contributed by atoms with van der Waals surface area (Å²) in [4.78, 5) is 21.4. The van der Waals surface area contributed by atoms with E-state index in [1.807, 2.05) is 0 Å². The number of hydrogen-bond donors (Lipinski definition) is 1. The second-order valence-corrected chi connectivity index (χ2v) is 7.79. The Morgan fingerprint density at radius 1 is 1.23 bits per heavy atom. The van der Waals surface area contributed by atoms with Gasteiger partial charge in [0.1, 0.15) is 12.2 Å². The van der Waals surface area contributed by atoms with E-state index in [2.05, 4.69) is 15.3 Å². The number of nitrogens with one attached hydrogen (secondary N) is 1. The molecule has 1 amide bonds. The molecule has 0 saturated heterocycles. The number of ether oxygens (including phenoxy) is 2. The van der Waals surface area contributed by atoms with Gasteiger partial charge in [0.15, 0.2) is 5.13 Å². The largest absolute Gasteiger partial charge is 0.475 e. The normalized spacial score (nSPS) is 11.4. The predicted octanol–water partition coefficient (Wildman–Crippen LogP) is 5.08. The van der Waals surface area contributed by atoms with Crippen molar-refractivity contribution in [1.82, 2.24) is 9.97 Å². The molecule has 2 heterocycles. The zero-order chi connectivity index (χ0) is 22.4. The van der Waals surface area contributed by atoms with Crippen LogP contribution in [0.1, 0.15) is 26.4 Å². The summed E-state index contributed by atoms with van der Waals surface area (Å²) in [6.45, 7) is 0.568. The van der Waals surface area contributed by atoms with Crippen LogP contribution in [0.15, 0.2) is 42.7 Å². The van der Waals surface area contributed by atoms with E-state index in [1.54, 1.807) is 12.1 Å². The topological polar surface area (TPSA) is 73.3 Å². The number of hydrogen-bond acceptors (Lipinski definition) is 6. The lowest BCUT2D eigenvalue weighted by Crippen LogP contribution is -2.15. The van der Waals surface area contributed by atoms with Crippen molar-refractivity contribution in [2.75, 3.05) is 25.6 Å². The second-order valence-electron chi connectivity index (χ2n) is 6.26. The number of halogens is 4. The summed E-state index contributed by atoms with van der Waals surface area (Å²) in [7, 11) is 1.53. The van der Waals surface area contributed by atoms with Crippen molar-refractivity contribution < 1.29 is 27.4 Å². The van der Waals surface area contributed by atoms with Crippen LogP contribution in [0.25, 0.3) is 0 Å². The molecule has 0 aliphatic carbocycles. The van der Waals surface area contributed by atoms with Gasteiger partial charge in [0.2, 0.25) is 5.88 Å². The van der Waals surface area contributed by atoms with Crippen molar-refractivity contribution in [2.24, 2.45) is 0 Å². The lowest BCUT2D eigenvalue weighted by molar-refractivity contribution is -0.137. The quantitative estimate of drug-likeness (QED) is 0.464. The standard InChI is InChI=1S/C20H17ClF3N3O3S/c1-29-7-8-30-18-15(3-2-6-25-18)17(28)27-19-26-11-14(31-19)10-12-9-13(20(22,23)24)4-5-16(12)21/h2-6,9,11H,7-8,10H2,1H3,(H,26,27,28). The van der Waals surface area contributed by atoms with Gasteiger partial charge in [0, 0.05) is 35.8 Å². The van der Waals surface area contributed by atoms with Crippen LogP contribution in [-0.4, -0.2) is 36.2 Å². The summed E-state index contributed by atoms with van der Waals surface area (Å²) < 4.78 is 49.2. The summed E-state index contributed by atoms with van der Waals surface area (Å²) >= 11 is 7.19. The molecule has 0 atom stereocenters. The fourth-order valence-corrected chi connectivity index (χ4v) is 3.60. The van der Waals surface area contributed by atoms with Gasteiger partial charge in [-0.25, -0.2) is 9.97 Å². The maximum Gasteiger partial charge on any atom is 0.416 e. The van der Waals surface area contributed by atoms with Gasteiger partial charge in [-0.1, -0.05) is 11.6 Å². The van der Waals surface area contributed by atoms with Crippen LogP contribution in [0.5, 0.6) is 5.88 Å². The van der Waals surface area contributed by atoms with Crippen molar-refractivity contribution in [3.05, 3.63) is 69.3 Å². The van der Waals surface area contributed by atoms with Crippen molar-refractivity contribution in [2.45, 2.75) is 12.6 Å². The highest BCUT2D eigenvalue weighted by atomic mass is 35.5. The summed E-state index contributed by atoms with van der Waals surface area (Å²) in [6, 6.07) is 6.32. The number of aromatic nitrogens is 2. The summed E-state index contributed by atoms with van der Waals surface area (Å²) in [5.41, 5.74) is -0.238. The van der Waals surface area contributed by atoms with E-state index in [0.717, 1.165) is 23.5 Å². The highest BCUT2D eigenvalue weighted by Gasteiger charge is 2.31. The Labute approximate surface area is 185 Å². The Morgan fingerprint density at radius 3 is 2.77 bits per heavy atom. The summed E-state index contributed by atoms with van der Waals surface area (Å²) in [6.07, 6.45) is -1.33. The molecular formula is C20H17ClF3N3O3S.